The number of methoxy groups -OCH3 is 1. The van der Waals surface area contributed by atoms with Gasteiger partial charge in [0.05, 0.1) is 7.11 Å². The topological polar surface area (TPSA) is 44.8 Å². The van der Waals surface area contributed by atoms with Crippen molar-refractivity contribution in [3.05, 3.63) is 53.6 Å². The third-order valence-electron chi connectivity index (χ3n) is 4.97. The summed E-state index contributed by atoms with van der Waals surface area (Å²) in [5.74, 6) is 0.548. The molecule has 5 nitrogen and oxygen atoms in total. The summed E-state index contributed by atoms with van der Waals surface area (Å²) in [6.07, 6.45) is 0. The van der Waals surface area contributed by atoms with Crippen molar-refractivity contribution in [2.75, 3.05) is 50.1 Å². The SMILES string of the molecule is CCN1CCN(c2ccc(NC(=O)c3cccc(OC)c3)c(C)c2)CC1. The molecule has 0 aromatic heterocycles. The zero-order valence-electron chi connectivity index (χ0n) is 15.8. The van der Waals surface area contributed by atoms with Crippen LogP contribution in [0.25, 0.3) is 0 Å². The van der Waals surface area contributed by atoms with Gasteiger partial charge in [-0.3, -0.25) is 4.79 Å². The van der Waals surface area contributed by atoms with Crippen LogP contribution in [0, 0.1) is 6.92 Å². The largest absolute Gasteiger partial charge is 0.497 e. The predicted molar refractivity (Wildman–Crippen MR) is 106 cm³/mol. The van der Waals surface area contributed by atoms with Crippen molar-refractivity contribution < 1.29 is 9.53 Å². The normalized spacial score (nSPS) is 15.0. The number of likely N-dealkylation sites (N-methyl/N-ethyl adjacent to an activating group) is 1. The molecular formula is C21H27N3O2. The quantitative estimate of drug-likeness (QED) is 0.895. The van der Waals surface area contributed by atoms with Crippen molar-refractivity contribution in [1.29, 1.82) is 0 Å². The number of ether oxygens (including phenoxy) is 1. The second-order valence-electron chi connectivity index (χ2n) is 6.61. The molecule has 1 aliphatic heterocycles. The summed E-state index contributed by atoms with van der Waals surface area (Å²) in [5.41, 5.74) is 3.71. The molecule has 3 rings (SSSR count). The van der Waals surface area contributed by atoms with Gasteiger partial charge in [0.2, 0.25) is 0 Å². The van der Waals surface area contributed by atoms with Crippen molar-refractivity contribution in [1.82, 2.24) is 4.90 Å². The average Bonchev–Trinajstić information content (AvgIpc) is 2.69. The molecule has 2 aromatic carbocycles. The van der Waals surface area contributed by atoms with Gasteiger partial charge in [0.25, 0.3) is 5.91 Å². The molecule has 1 fully saturated rings. The van der Waals surface area contributed by atoms with E-state index in [4.69, 9.17) is 4.74 Å². The Hall–Kier alpha value is -2.53. The fourth-order valence-corrected chi connectivity index (χ4v) is 3.27. The number of nitrogens with one attached hydrogen (secondary N) is 1. The van der Waals surface area contributed by atoms with Crippen LogP contribution >= 0.6 is 0 Å². The highest BCUT2D eigenvalue weighted by Gasteiger charge is 2.17. The van der Waals surface area contributed by atoms with E-state index in [0.717, 1.165) is 44.0 Å². The standard InChI is InChI=1S/C21H27N3O2/c1-4-23-10-12-24(13-11-23)18-8-9-20(16(2)14-18)22-21(25)17-6-5-7-19(15-17)26-3/h5-9,14-15H,4,10-13H2,1-3H3,(H,22,25). The van der Waals surface area contributed by atoms with Crippen LogP contribution in [-0.2, 0) is 0 Å². The Morgan fingerprint density at radius 3 is 2.54 bits per heavy atom. The second-order valence-corrected chi connectivity index (χ2v) is 6.61. The zero-order valence-corrected chi connectivity index (χ0v) is 15.8. The number of hydrogen-bond acceptors (Lipinski definition) is 4. The highest BCUT2D eigenvalue weighted by Crippen LogP contribution is 2.24. The Morgan fingerprint density at radius 1 is 1.12 bits per heavy atom. The van der Waals surface area contributed by atoms with Gasteiger partial charge in [0.15, 0.2) is 0 Å². The van der Waals surface area contributed by atoms with Crippen molar-refractivity contribution >= 4 is 17.3 Å². The maximum atomic E-state index is 12.5. The summed E-state index contributed by atoms with van der Waals surface area (Å²) in [6.45, 7) is 9.65. The van der Waals surface area contributed by atoms with Crippen LogP contribution in [0.1, 0.15) is 22.8 Å². The molecule has 0 saturated carbocycles. The third-order valence-corrected chi connectivity index (χ3v) is 4.97. The summed E-state index contributed by atoms with van der Waals surface area (Å²) in [7, 11) is 1.60. The van der Waals surface area contributed by atoms with E-state index < -0.39 is 0 Å². The van der Waals surface area contributed by atoms with Crippen LogP contribution in [-0.4, -0.2) is 50.6 Å². The summed E-state index contributed by atoms with van der Waals surface area (Å²) in [6, 6.07) is 13.4. The number of aryl methyl sites for hydroxylation is 1. The molecule has 26 heavy (non-hydrogen) atoms. The minimum Gasteiger partial charge on any atom is -0.497 e. The lowest BCUT2D eigenvalue weighted by atomic mass is 10.1. The van der Waals surface area contributed by atoms with E-state index in [1.165, 1.54) is 5.69 Å². The summed E-state index contributed by atoms with van der Waals surface area (Å²) in [4.78, 5) is 17.4. The molecular weight excluding hydrogens is 326 g/mol. The first-order valence-electron chi connectivity index (χ1n) is 9.14. The van der Waals surface area contributed by atoms with Gasteiger partial charge in [0.1, 0.15) is 5.75 Å². The molecule has 0 radical (unpaired) electrons. The van der Waals surface area contributed by atoms with Gasteiger partial charge in [-0.25, -0.2) is 0 Å². The first-order chi connectivity index (χ1) is 12.6. The van der Waals surface area contributed by atoms with E-state index in [-0.39, 0.29) is 5.91 Å². The monoisotopic (exact) mass is 353 g/mol. The molecule has 1 heterocycles. The zero-order chi connectivity index (χ0) is 18.5. The number of carbonyl (C=O) groups is 1. The molecule has 1 N–H and O–H groups in total. The van der Waals surface area contributed by atoms with Gasteiger partial charge in [-0.05, 0) is 55.4 Å². The first-order valence-corrected chi connectivity index (χ1v) is 9.14. The Labute approximate surface area is 155 Å². The molecule has 0 atom stereocenters. The lowest BCUT2D eigenvalue weighted by Gasteiger charge is -2.35. The van der Waals surface area contributed by atoms with Crippen LogP contribution < -0.4 is 15.0 Å². The van der Waals surface area contributed by atoms with Crippen molar-refractivity contribution in [3.63, 3.8) is 0 Å². The van der Waals surface area contributed by atoms with E-state index in [2.05, 4.69) is 34.2 Å². The number of nitrogens with zero attached hydrogens (tertiary/aromatic N) is 2. The van der Waals surface area contributed by atoms with Crippen LogP contribution in [0.3, 0.4) is 0 Å². The molecule has 138 valence electrons. The third kappa shape index (κ3) is 4.17. The highest BCUT2D eigenvalue weighted by atomic mass is 16.5. The highest BCUT2D eigenvalue weighted by molar-refractivity contribution is 6.05. The minimum atomic E-state index is -0.128. The average molecular weight is 353 g/mol. The van der Waals surface area contributed by atoms with Crippen molar-refractivity contribution in [3.8, 4) is 5.75 Å². The summed E-state index contributed by atoms with van der Waals surface area (Å²) < 4.78 is 5.19. The number of anilines is 2. The lowest BCUT2D eigenvalue weighted by molar-refractivity contribution is 0.102. The van der Waals surface area contributed by atoms with E-state index in [1.807, 2.05) is 25.1 Å². The minimum absolute atomic E-state index is 0.128. The van der Waals surface area contributed by atoms with Gasteiger partial charge >= 0.3 is 0 Å². The number of hydrogen-bond donors (Lipinski definition) is 1. The van der Waals surface area contributed by atoms with E-state index >= 15 is 0 Å². The van der Waals surface area contributed by atoms with Gasteiger partial charge < -0.3 is 19.9 Å². The summed E-state index contributed by atoms with van der Waals surface area (Å²) in [5, 5.41) is 3.00. The molecule has 2 aromatic rings. The number of benzene rings is 2. The van der Waals surface area contributed by atoms with Crippen molar-refractivity contribution in [2.24, 2.45) is 0 Å². The van der Waals surface area contributed by atoms with Gasteiger partial charge in [0, 0.05) is 43.1 Å². The molecule has 1 amide bonds. The van der Waals surface area contributed by atoms with Crippen LogP contribution in [0.5, 0.6) is 5.75 Å². The van der Waals surface area contributed by atoms with Crippen LogP contribution in [0.4, 0.5) is 11.4 Å². The van der Waals surface area contributed by atoms with Crippen molar-refractivity contribution in [2.45, 2.75) is 13.8 Å². The maximum absolute atomic E-state index is 12.5. The molecule has 0 bridgehead atoms. The fraction of sp³-hybridized carbons (Fsp3) is 0.381. The Bertz CT molecular complexity index is 768. The molecule has 0 aliphatic carbocycles. The van der Waals surface area contributed by atoms with E-state index in [1.54, 1.807) is 19.2 Å². The number of piperazine rings is 1. The Kier molecular flexibility index (Phi) is 5.78. The molecule has 1 aliphatic rings. The first kappa shape index (κ1) is 18.3. The van der Waals surface area contributed by atoms with E-state index in [0.29, 0.717) is 11.3 Å². The molecule has 0 unspecified atom stereocenters. The van der Waals surface area contributed by atoms with Crippen LogP contribution in [0.2, 0.25) is 0 Å². The summed E-state index contributed by atoms with van der Waals surface area (Å²) >= 11 is 0. The number of carbonyl (C=O) groups excluding carboxylic acids is 1. The number of amides is 1. The maximum Gasteiger partial charge on any atom is 0.255 e. The van der Waals surface area contributed by atoms with Gasteiger partial charge in [-0.15, -0.1) is 0 Å². The van der Waals surface area contributed by atoms with Crippen LogP contribution in [0.15, 0.2) is 42.5 Å². The second kappa shape index (κ2) is 8.23. The molecule has 0 spiro atoms. The van der Waals surface area contributed by atoms with Gasteiger partial charge in [-0.1, -0.05) is 13.0 Å². The lowest BCUT2D eigenvalue weighted by Crippen LogP contribution is -2.46. The fourth-order valence-electron chi connectivity index (χ4n) is 3.27. The van der Waals surface area contributed by atoms with Gasteiger partial charge in [-0.2, -0.15) is 0 Å². The predicted octanol–water partition coefficient (Wildman–Crippen LogP) is 3.40. The smallest absolute Gasteiger partial charge is 0.255 e. The molecule has 1 saturated heterocycles. The van der Waals surface area contributed by atoms with E-state index in [9.17, 15) is 4.79 Å². The molecule has 5 heteroatoms. The number of rotatable bonds is 5. The Balaban J connectivity index is 1.68. The Morgan fingerprint density at radius 2 is 1.88 bits per heavy atom.